The fraction of sp³-hybridized carbons (Fsp3) is 0.400. The second kappa shape index (κ2) is 6.08. The first-order valence-corrected chi connectivity index (χ1v) is 5.85. The molecule has 0 radical (unpaired) electrons. The van der Waals surface area contributed by atoms with Crippen molar-refractivity contribution in [3.8, 4) is 5.75 Å². The van der Waals surface area contributed by atoms with Crippen LogP contribution in [0.15, 0.2) is 6.20 Å². The number of hydrogen-bond donors (Lipinski definition) is 1. The summed E-state index contributed by atoms with van der Waals surface area (Å²) in [6.07, 6.45) is -2.09. The summed E-state index contributed by atoms with van der Waals surface area (Å²) in [5, 5.41) is 9.29. The molecule has 0 amide bonds. The van der Waals surface area contributed by atoms with E-state index in [4.69, 9.17) is 0 Å². The van der Waals surface area contributed by atoms with Crippen LogP contribution in [-0.4, -0.2) is 22.7 Å². The van der Waals surface area contributed by atoms with Crippen molar-refractivity contribution in [2.45, 2.75) is 19.8 Å². The van der Waals surface area contributed by atoms with Gasteiger partial charge in [-0.05, 0) is 29.5 Å². The third-order valence-electron chi connectivity index (χ3n) is 1.95. The number of esters is 1. The number of halogens is 3. The quantitative estimate of drug-likeness (QED) is 0.664. The second-order valence-corrected chi connectivity index (χ2v) is 4.18. The second-order valence-electron chi connectivity index (χ2n) is 3.10. The molecule has 0 saturated heterocycles. The van der Waals surface area contributed by atoms with Crippen molar-refractivity contribution >= 4 is 28.6 Å². The van der Waals surface area contributed by atoms with Crippen LogP contribution in [-0.2, 0) is 16.0 Å². The Morgan fingerprint density at radius 2 is 2.29 bits per heavy atom. The summed E-state index contributed by atoms with van der Waals surface area (Å²) >= 11 is 1.59. The highest BCUT2D eigenvalue weighted by Crippen LogP contribution is 2.32. The summed E-state index contributed by atoms with van der Waals surface area (Å²) in [4.78, 5) is 14.9. The van der Waals surface area contributed by atoms with Crippen molar-refractivity contribution in [1.82, 2.24) is 4.98 Å². The lowest BCUT2D eigenvalue weighted by atomic mass is 10.1. The molecule has 0 aliphatic carbocycles. The van der Waals surface area contributed by atoms with Gasteiger partial charge in [-0.15, -0.1) is 0 Å². The van der Waals surface area contributed by atoms with Gasteiger partial charge in [-0.2, -0.15) is 0 Å². The summed E-state index contributed by atoms with van der Waals surface area (Å²) in [6.45, 7) is 1.80. The Balaban J connectivity index is 3.07. The van der Waals surface area contributed by atoms with Crippen molar-refractivity contribution in [2.24, 2.45) is 0 Å². The lowest BCUT2D eigenvalue weighted by Gasteiger charge is -2.10. The molecule has 1 N–H and O–H groups in total. The molecule has 0 unspecified atom stereocenters. The molecule has 1 heterocycles. The lowest BCUT2D eigenvalue weighted by Crippen LogP contribution is -2.12. The van der Waals surface area contributed by atoms with E-state index in [0.717, 1.165) is 6.20 Å². The minimum Gasteiger partial charge on any atom is -0.505 e. The molecular weight excluding hydrogens is 347 g/mol. The maximum atomic E-state index is 12.8. The molecule has 1 aromatic heterocycles. The van der Waals surface area contributed by atoms with E-state index >= 15 is 0 Å². The minimum absolute atomic E-state index is 0.00639. The Morgan fingerprint density at radius 1 is 1.65 bits per heavy atom. The van der Waals surface area contributed by atoms with E-state index in [-0.39, 0.29) is 28.0 Å². The predicted molar refractivity (Wildman–Crippen MR) is 63.9 cm³/mol. The third-order valence-corrected chi connectivity index (χ3v) is 3.08. The maximum Gasteiger partial charge on any atom is 0.311 e. The highest BCUT2D eigenvalue weighted by molar-refractivity contribution is 14.1. The number of ether oxygens (including phenoxy) is 1. The molecule has 7 heteroatoms. The largest absolute Gasteiger partial charge is 0.505 e. The Labute approximate surface area is 110 Å². The average molecular weight is 357 g/mol. The fourth-order valence-electron chi connectivity index (χ4n) is 1.24. The van der Waals surface area contributed by atoms with Crippen LogP contribution in [0.2, 0.25) is 0 Å². The van der Waals surface area contributed by atoms with Crippen molar-refractivity contribution in [3.63, 3.8) is 0 Å². The zero-order valence-corrected chi connectivity index (χ0v) is 11.1. The van der Waals surface area contributed by atoms with Gasteiger partial charge in [0.1, 0.15) is 5.75 Å². The van der Waals surface area contributed by atoms with Crippen LogP contribution in [0.4, 0.5) is 8.78 Å². The molecule has 0 aliphatic heterocycles. The van der Waals surface area contributed by atoms with E-state index in [1.807, 2.05) is 0 Å². The molecule has 0 aliphatic rings. The van der Waals surface area contributed by atoms with Crippen LogP contribution in [0.1, 0.15) is 24.6 Å². The zero-order chi connectivity index (χ0) is 13.0. The molecule has 94 valence electrons. The minimum atomic E-state index is -2.80. The fourth-order valence-corrected chi connectivity index (χ4v) is 1.93. The van der Waals surface area contributed by atoms with Gasteiger partial charge >= 0.3 is 5.97 Å². The summed E-state index contributed by atoms with van der Waals surface area (Å²) < 4.78 is 30.3. The van der Waals surface area contributed by atoms with Crippen LogP contribution in [0.25, 0.3) is 0 Å². The van der Waals surface area contributed by atoms with Crippen molar-refractivity contribution in [3.05, 3.63) is 21.0 Å². The molecule has 4 nitrogen and oxygen atoms in total. The van der Waals surface area contributed by atoms with E-state index in [2.05, 4.69) is 9.72 Å². The highest BCUT2D eigenvalue weighted by Gasteiger charge is 2.22. The van der Waals surface area contributed by atoms with E-state index in [9.17, 15) is 18.7 Å². The first-order valence-electron chi connectivity index (χ1n) is 4.77. The lowest BCUT2D eigenvalue weighted by molar-refractivity contribution is -0.142. The molecule has 0 spiro atoms. The Kier molecular flexibility index (Phi) is 5.03. The molecule has 1 aromatic rings. The number of rotatable bonds is 4. The molecule has 1 rings (SSSR count). The number of pyridine rings is 1. The van der Waals surface area contributed by atoms with Gasteiger partial charge < -0.3 is 9.84 Å². The van der Waals surface area contributed by atoms with Gasteiger partial charge in [0.05, 0.1) is 34.1 Å². The molecule has 17 heavy (non-hydrogen) atoms. The van der Waals surface area contributed by atoms with Crippen LogP contribution in [0.5, 0.6) is 5.75 Å². The number of hydrogen-bond acceptors (Lipinski definition) is 4. The third kappa shape index (κ3) is 3.48. The summed E-state index contributed by atoms with van der Waals surface area (Å²) in [7, 11) is 0. The van der Waals surface area contributed by atoms with E-state index in [0.29, 0.717) is 0 Å². The van der Waals surface area contributed by atoms with Gasteiger partial charge in [-0.3, -0.25) is 9.78 Å². The molecule has 0 bridgehead atoms. The highest BCUT2D eigenvalue weighted by atomic mass is 127. The zero-order valence-electron chi connectivity index (χ0n) is 8.91. The van der Waals surface area contributed by atoms with Crippen LogP contribution in [0, 0.1) is 3.57 Å². The number of nitrogens with zero attached hydrogens (tertiary/aromatic N) is 1. The summed E-state index contributed by atoms with van der Waals surface area (Å²) in [5.41, 5.74) is -0.487. The van der Waals surface area contributed by atoms with Crippen LogP contribution in [0.3, 0.4) is 0 Å². The van der Waals surface area contributed by atoms with Crippen molar-refractivity contribution in [2.75, 3.05) is 6.61 Å². The summed E-state index contributed by atoms with van der Waals surface area (Å²) in [5.74, 6) is -0.947. The average Bonchev–Trinajstić information content (AvgIpc) is 2.23. The predicted octanol–water partition coefficient (Wildman–Crippen LogP) is 2.44. The van der Waals surface area contributed by atoms with Crippen molar-refractivity contribution in [1.29, 1.82) is 0 Å². The van der Waals surface area contributed by atoms with Gasteiger partial charge in [0.25, 0.3) is 6.43 Å². The van der Waals surface area contributed by atoms with Gasteiger partial charge in [0.2, 0.25) is 0 Å². The normalized spacial score (nSPS) is 10.6. The number of aromatic hydroxyl groups is 1. The monoisotopic (exact) mass is 357 g/mol. The molecule has 0 atom stereocenters. The SMILES string of the molecule is CCOC(=O)Cc1ncc(O)c(I)c1C(F)F. The molecule has 0 aromatic carbocycles. The molecule has 0 fully saturated rings. The van der Waals surface area contributed by atoms with E-state index in [1.165, 1.54) is 0 Å². The standard InChI is InChI=1S/C10H10F2INO3/c1-2-17-7(16)3-5-8(10(11)12)9(13)6(15)4-14-5/h4,10,15H,2-3H2,1H3. The molecular formula is C10H10F2INO3. The van der Waals surface area contributed by atoms with E-state index in [1.54, 1.807) is 29.5 Å². The van der Waals surface area contributed by atoms with Crippen molar-refractivity contribution < 1.29 is 23.4 Å². The number of carbonyl (C=O) groups is 1. The maximum absolute atomic E-state index is 12.8. The van der Waals surface area contributed by atoms with Gasteiger partial charge in [-0.25, -0.2) is 8.78 Å². The number of aromatic nitrogens is 1. The Bertz CT molecular complexity index is 426. The first kappa shape index (κ1) is 14.1. The van der Waals surface area contributed by atoms with E-state index < -0.39 is 18.0 Å². The van der Waals surface area contributed by atoms with Gasteiger partial charge in [0.15, 0.2) is 0 Å². The molecule has 0 saturated carbocycles. The number of carbonyl (C=O) groups excluding carboxylic acids is 1. The summed E-state index contributed by atoms with van der Waals surface area (Å²) in [6, 6.07) is 0. The first-order chi connectivity index (χ1) is 7.97. The Morgan fingerprint density at radius 3 is 2.82 bits per heavy atom. The van der Waals surface area contributed by atoms with Gasteiger partial charge in [-0.1, -0.05) is 0 Å². The Hall–Kier alpha value is -0.990. The smallest absolute Gasteiger partial charge is 0.311 e. The topological polar surface area (TPSA) is 59.4 Å². The number of alkyl halides is 2. The van der Waals surface area contributed by atoms with Crippen LogP contribution < -0.4 is 0 Å². The van der Waals surface area contributed by atoms with Crippen LogP contribution >= 0.6 is 22.6 Å². The van der Waals surface area contributed by atoms with Gasteiger partial charge in [0, 0.05) is 0 Å².